The largest absolute Gasteiger partial charge is 0.496 e. The van der Waals surface area contributed by atoms with E-state index in [4.69, 9.17) is 14.0 Å². The minimum atomic E-state index is -0.508. The first-order chi connectivity index (χ1) is 11.3. The molecule has 1 N–H and O–H groups in total. The molecular formula is C17H24BN3O3. The highest BCUT2D eigenvalue weighted by Gasteiger charge is 2.51. The Morgan fingerprint density at radius 3 is 2.62 bits per heavy atom. The molecule has 1 aromatic heterocycles. The normalized spacial score (nSPS) is 24.8. The molecule has 2 aliphatic heterocycles. The molecule has 0 saturated carbocycles. The average molecular weight is 329 g/mol. The summed E-state index contributed by atoms with van der Waals surface area (Å²) in [6.45, 7) is 10.4. The van der Waals surface area contributed by atoms with Gasteiger partial charge in [0.15, 0.2) is 0 Å². The van der Waals surface area contributed by atoms with Gasteiger partial charge in [0.2, 0.25) is 0 Å². The molecule has 128 valence electrons. The van der Waals surface area contributed by atoms with E-state index in [0.717, 1.165) is 31.6 Å². The van der Waals surface area contributed by atoms with Gasteiger partial charge in [-0.15, -0.1) is 0 Å². The second-order valence-corrected chi connectivity index (χ2v) is 7.48. The van der Waals surface area contributed by atoms with Crippen molar-refractivity contribution in [2.75, 3.05) is 25.1 Å². The molecule has 1 aromatic rings. The lowest BCUT2D eigenvalue weighted by atomic mass is 9.79. The fraction of sp³-hybridized carbons (Fsp3) is 0.647. The Morgan fingerprint density at radius 2 is 2.04 bits per heavy atom. The van der Waals surface area contributed by atoms with Crippen LogP contribution in [0.1, 0.15) is 39.7 Å². The standard InChI is InChI=1S/C17H24BN3O3/c1-16(2)17(3,4)24-18(23-16)14-7-13(8-19)15(21-10-14)20-9-12-5-6-22-11-12/h7,10,12H,5-6,9,11H2,1-4H3,(H,20,21)/t12-/m1/s1. The predicted octanol–water partition coefficient (Wildman–Crippen LogP) is 1.70. The molecule has 0 unspecified atom stereocenters. The zero-order valence-corrected chi connectivity index (χ0v) is 14.8. The molecule has 0 spiro atoms. The minimum absolute atomic E-state index is 0.413. The van der Waals surface area contributed by atoms with Crippen molar-refractivity contribution in [1.29, 1.82) is 5.26 Å². The van der Waals surface area contributed by atoms with Crippen LogP contribution in [0, 0.1) is 17.2 Å². The molecule has 7 heteroatoms. The van der Waals surface area contributed by atoms with Gasteiger partial charge in [0, 0.05) is 30.7 Å². The first-order valence-electron chi connectivity index (χ1n) is 8.40. The van der Waals surface area contributed by atoms with Crippen molar-refractivity contribution in [3.05, 3.63) is 17.8 Å². The number of nitrogens with zero attached hydrogens (tertiary/aromatic N) is 2. The van der Waals surface area contributed by atoms with Gasteiger partial charge >= 0.3 is 7.12 Å². The van der Waals surface area contributed by atoms with Crippen LogP contribution >= 0.6 is 0 Å². The van der Waals surface area contributed by atoms with E-state index in [9.17, 15) is 5.26 Å². The Bertz CT molecular complexity index is 635. The zero-order chi connectivity index (χ0) is 17.4. The van der Waals surface area contributed by atoms with E-state index in [1.165, 1.54) is 0 Å². The Morgan fingerprint density at radius 1 is 1.33 bits per heavy atom. The third kappa shape index (κ3) is 3.27. The fourth-order valence-corrected chi connectivity index (χ4v) is 2.80. The molecule has 0 bridgehead atoms. The summed E-state index contributed by atoms with van der Waals surface area (Å²) in [5.74, 6) is 1.07. The quantitative estimate of drug-likeness (QED) is 0.848. The second kappa shape index (κ2) is 6.36. The van der Waals surface area contributed by atoms with Gasteiger partial charge in [-0.1, -0.05) is 0 Å². The maximum atomic E-state index is 9.45. The van der Waals surface area contributed by atoms with E-state index in [1.54, 1.807) is 12.3 Å². The van der Waals surface area contributed by atoms with E-state index in [-0.39, 0.29) is 0 Å². The van der Waals surface area contributed by atoms with Gasteiger partial charge in [0.25, 0.3) is 0 Å². The monoisotopic (exact) mass is 329 g/mol. The van der Waals surface area contributed by atoms with Crippen LogP contribution in [0.3, 0.4) is 0 Å². The van der Waals surface area contributed by atoms with E-state index in [0.29, 0.717) is 17.3 Å². The van der Waals surface area contributed by atoms with Crippen LogP contribution in [0.15, 0.2) is 12.3 Å². The fourth-order valence-electron chi connectivity index (χ4n) is 2.80. The number of aromatic nitrogens is 1. The van der Waals surface area contributed by atoms with E-state index in [2.05, 4.69) is 16.4 Å². The Balaban J connectivity index is 1.74. The number of nitriles is 1. The van der Waals surface area contributed by atoms with Crippen LogP contribution < -0.4 is 10.8 Å². The number of hydrogen-bond donors (Lipinski definition) is 1. The van der Waals surface area contributed by atoms with Crippen LogP contribution in [0.4, 0.5) is 5.82 Å². The maximum Gasteiger partial charge on any atom is 0.496 e. The molecule has 2 saturated heterocycles. The number of ether oxygens (including phenoxy) is 1. The summed E-state index contributed by atoms with van der Waals surface area (Å²) in [4.78, 5) is 4.42. The molecule has 0 aliphatic carbocycles. The van der Waals surface area contributed by atoms with Crippen molar-refractivity contribution in [1.82, 2.24) is 4.98 Å². The van der Waals surface area contributed by atoms with Gasteiger partial charge in [-0.2, -0.15) is 5.26 Å². The van der Waals surface area contributed by atoms with Crippen molar-refractivity contribution < 1.29 is 14.0 Å². The second-order valence-electron chi connectivity index (χ2n) is 7.48. The predicted molar refractivity (Wildman–Crippen MR) is 92.1 cm³/mol. The van der Waals surface area contributed by atoms with E-state index in [1.807, 2.05) is 27.7 Å². The Labute approximate surface area is 143 Å². The highest BCUT2D eigenvalue weighted by molar-refractivity contribution is 6.62. The smallest absolute Gasteiger partial charge is 0.399 e. The number of nitrogens with one attached hydrogen (secondary N) is 1. The average Bonchev–Trinajstić information content (AvgIpc) is 3.11. The Kier molecular flexibility index (Phi) is 4.56. The van der Waals surface area contributed by atoms with E-state index >= 15 is 0 Å². The number of rotatable bonds is 4. The summed E-state index contributed by atoms with van der Waals surface area (Å²) in [5, 5.41) is 12.7. The summed E-state index contributed by atoms with van der Waals surface area (Å²) < 4.78 is 17.4. The van der Waals surface area contributed by atoms with Gasteiger partial charge in [-0.25, -0.2) is 4.98 Å². The third-order valence-corrected chi connectivity index (χ3v) is 5.14. The van der Waals surface area contributed by atoms with Crippen molar-refractivity contribution in [2.24, 2.45) is 5.92 Å². The highest BCUT2D eigenvalue weighted by Crippen LogP contribution is 2.36. The van der Waals surface area contributed by atoms with Crippen LogP contribution in [-0.2, 0) is 14.0 Å². The van der Waals surface area contributed by atoms with Gasteiger partial charge in [-0.3, -0.25) is 0 Å². The molecular weight excluding hydrogens is 305 g/mol. The summed E-state index contributed by atoms with van der Waals surface area (Å²) in [7, 11) is -0.508. The lowest BCUT2D eigenvalue weighted by molar-refractivity contribution is 0.00578. The van der Waals surface area contributed by atoms with Crippen LogP contribution in [0.5, 0.6) is 0 Å². The lowest BCUT2D eigenvalue weighted by Crippen LogP contribution is -2.41. The molecule has 2 aliphatic rings. The number of pyridine rings is 1. The topological polar surface area (TPSA) is 76.4 Å². The lowest BCUT2D eigenvalue weighted by Gasteiger charge is -2.32. The van der Waals surface area contributed by atoms with Crippen molar-refractivity contribution in [3.8, 4) is 6.07 Å². The highest BCUT2D eigenvalue weighted by atomic mass is 16.7. The van der Waals surface area contributed by atoms with Crippen LogP contribution in [0.2, 0.25) is 0 Å². The molecule has 0 amide bonds. The molecule has 2 fully saturated rings. The molecule has 0 aromatic carbocycles. The molecule has 24 heavy (non-hydrogen) atoms. The molecule has 3 rings (SSSR count). The summed E-state index contributed by atoms with van der Waals surface area (Å²) in [6, 6.07) is 4.00. The van der Waals surface area contributed by atoms with Gasteiger partial charge in [0.05, 0.1) is 23.4 Å². The van der Waals surface area contributed by atoms with E-state index < -0.39 is 18.3 Å². The zero-order valence-electron chi connectivity index (χ0n) is 14.8. The molecule has 3 heterocycles. The number of hydrogen-bond acceptors (Lipinski definition) is 6. The van der Waals surface area contributed by atoms with Crippen molar-refractivity contribution >= 4 is 18.4 Å². The minimum Gasteiger partial charge on any atom is -0.399 e. The Hall–Kier alpha value is -1.62. The summed E-state index contributed by atoms with van der Waals surface area (Å²) >= 11 is 0. The first kappa shape index (κ1) is 17.2. The van der Waals surface area contributed by atoms with Crippen molar-refractivity contribution in [3.63, 3.8) is 0 Å². The van der Waals surface area contributed by atoms with Gasteiger partial charge in [0.1, 0.15) is 11.9 Å². The number of anilines is 1. The van der Waals surface area contributed by atoms with Gasteiger partial charge < -0.3 is 19.4 Å². The van der Waals surface area contributed by atoms with Crippen LogP contribution in [0.25, 0.3) is 0 Å². The van der Waals surface area contributed by atoms with Gasteiger partial charge in [-0.05, 0) is 40.2 Å². The SMILES string of the molecule is CC1(C)OB(c2cnc(NC[C@H]3CCOC3)c(C#N)c2)OC1(C)C. The first-order valence-corrected chi connectivity index (χ1v) is 8.40. The maximum absolute atomic E-state index is 9.45. The summed E-state index contributed by atoms with van der Waals surface area (Å²) in [5.41, 5.74) is 0.439. The molecule has 6 nitrogen and oxygen atoms in total. The van der Waals surface area contributed by atoms with Crippen molar-refractivity contribution in [2.45, 2.75) is 45.3 Å². The summed E-state index contributed by atoms with van der Waals surface area (Å²) in [6.07, 6.45) is 2.76. The molecule has 0 radical (unpaired) electrons. The van der Waals surface area contributed by atoms with Crippen LogP contribution in [-0.4, -0.2) is 43.1 Å². The third-order valence-electron chi connectivity index (χ3n) is 5.14. The molecule has 1 atom stereocenters.